The minimum Gasteiger partial charge on any atom is -0.396 e. The molecule has 5 N–H and O–H groups in total. The number of aliphatic hydroxyl groups is 4. The molecule has 0 aromatic carbocycles. The van der Waals surface area contributed by atoms with Gasteiger partial charge in [0.25, 0.3) is 0 Å². The van der Waals surface area contributed by atoms with Crippen LogP contribution in [0, 0.1) is 22.7 Å². The molecule has 7 unspecified atom stereocenters. The lowest BCUT2D eigenvalue weighted by Crippen LogP contribution is -2.63. The van der Waals surface area contributed by atoms with Gasteiger partial charge in [0.2, 0.25) is 5.78 Å². The molecule has 0 radical (unpaired) electrons. The number of ketones is 1. The second kappa shape index (κ2) is 9.98. The molecule has 1 saturated carbocycles. The van der Waals surface area contributed by atoms with E-state index in [2.05, 4.69) is 32.7 Å². The van der Waals surface area contributed by atoms with E-state index in [-0.39, 0.29) is 16.6 Å². The van der Waals surface area contributed by atoms with Crippen molar-refractivity contribution in [3.8, 4) is 0 Å². The average molecular weight is 466 g/mol. The van der Waals surface area contributed by atoms with Crippen LogP contribution in [0.2, 0.25) is 0 Å². The van der Waals surface area contributed by atoms with Crippen molar-refractivity contribution in [3.63, 3.8) is 0 Å². The second-order valence-corrected chi connectivity index (χ2v) is 10.7. The molecule has 1 aromatic heterocycles. The van der Waals surface area contributed by atoms with Gasteiger partial charge in [-0.05, 0) is 48.3 Å². The summed E-state index contributed by atoms with van der Waals surface area (Å²) in [7, 11) is 0. The smallest absolute Gasteiger partial charge is 0.201 e. The van der Waals surface area contributed by atoms with Gasteiger partial charge in [0.1, 0.15) is 0 Å². The lowest BCUT2D eigenvalue weighted by atomic mass is 9.69. The van der Waals surface area contributed by atoms with Crippen LogP contribution in [0.15, 0.2) is 30.5 Å². The van der Waals surface area contributed by atoms with Gasteiger partial charge in [0.15, 0.2) is 12.1 Å². The van der Waals surface area contributed by atoms with Crippen LogP contribution in [0.4, 0.5) is 0 Å². The number of allylic oxidation sites excluding steroid dienone is 2. The van der Waals surface area contributed by atoms with Gasteiger partial charge in [-0.15, -0.1) is 0 Å². The van der Waals surface area contributed by atoms with E-state index in [0.717, 1.165) is 25.7 Å². The Kier molecular flexibility index (Phi) is 7.88. The first-order valence-corrected chi connectivity index (χ1v) is 11.8. The largest absolute Gasteiger partial charge is 0.396 e. The number of aliphatic hydroxyl groups excluding tert-OH is 3. The zero-order valence-electron chi connectivity index (χ0n) is 20.0. The van der Waals surface area contributed by atoms with Gasteiger partial charge < -0.3 is 34.9 Å². The van der Waals surface area contributed by atoms with Crippen LogP contribution in [0.25, 0.3) is 0 Å². The number of rotatable bonds is 12. The van der Waals surface area contributed by atoms with Crippen LogP contribution in [-0.4, -0.2) is 68.7 Å². The molecule has 0 amide bonds. The molecule has 1 saturated heterocycles. The molecule has 0 spiro atoms. The molecule has 3 rings (SSSR count). The Balaban J connectivity index is 1.49. The summed E-state index contributed by atoms with van der Waals surface area (Å²) in [6, 6.07) is 3.56. The third-order valence-corrected chi connectivity index (χ3v) is 7.48. The Morgan fingerprint density at radius 1 is 1.30 bits per heavy atom. The first kappa shape index (κ1) is 26.1. The van der Waals surface area contributed by atoms with E-state index in [0.29, 0.717) is 12.3 Å². The highest BCUT2D eigenvalue weighted by molar-refractivity contribution is 6.03. The molecule has 0 bridgehead atoms. The summed E-state index contributed by atoms with van der Waals surface area (Å²) in [4.78, 5) is 15.1. The summed E-state index contributed by atoms with van der Waals surface area (Å²) in [5.41, 5.74) is 0.544. The quantitative estimate of drug-likeness (QED) is 0.236. The molecular weight excluding hydrogens is 426 g/mol. The van der Waals surface area contributed by atoms with Gasteiger partial charge in [-0.3, -0.25) is 4.79 Å². The van der Waals surface area contributed by atoms with E-state index in [9.17, 15) is 25.2 Å². The second-order valence-electron chi connectivity index (χ2n) is 10.7. The number of hydrogen-bond acceptors (Lipinski definition) is 7. The summed E-state index contributed by atoms with van der Waals surface area (Å²) >= 11 is 0. The molecule has 1 aromatic rings. The Hall–Kier alpha value is -1.55. The van der Waals surface area contributed by atoms with E-state index in [1.807, 2.05) is 6.08 Å². The Labute approximate surface area is 195 Å². The number of ether oxygens (including phenoxy) is 2. The third-order valence-electron chi connectivity index (χ3n) is 7.48. The summed E-state index contributed by atoms with van der Waals surface area (Å²) in [6.45, 7) is 8.62. The van der Waals surface area contributed by atoms with Crippen LogP contribution in [0.3, 0.4) is 0 Å². The molecule has 8 heteroatoms. The lowest BCUT2D eigenvalue weighted by molar-refractivity contribution is -0.439. The fourth-order valence-corrected chi connectivity index (χ4v) is 5.37. The fourth-order valence-electron chi connectivity index (χ4n) is 5.37. The van der Waals surface area contributed by atoms with Crippen molar-refractivity contribution in [2.45, 2.75) is 77.7 Å². The maximum Gasteiger partial charge on any atom is 0.201 e. The highest BCUT2D eigenvalue weighted by Gasteiger charge is 2.71. The Bertz CT molecular complexity index is 823. The van der Waals surface area contributed by atoms with Crippen LogP contribution in [0.5, 0.6) is 0 Å². The number of fused-ring (bicyclic) bond motifs is 1. The molecule has 186 valence electrons. The van der Waals surface area contributed by atoms with Crippen LogP contribution in [0.1, 0.15) is 63.9 Å². The predicted octanol–water partition coefficient (Wildman–Crippen LogP) is 2.39. The number of hydrogen-bond donors (Lipinski definition) is 5. The number of H-pyrrole nitrogens is 1. The Morgan fingerprint density at radius 2 is 2.03 bits per heavy atom. The van der Waals surface area contributed by atoms with Gasteiger partial charge in [0.05, 0.1) is 43.0 Å². The van der Waals surface area contributed by atoms with E-state index in [1.165, 1.54) is 0 Å². The normalized spacial score (nSPS) is 33.6. The van der Waals surface area contributed by atoms with Gasteiger partial charge in [0, 0.05) is 6.20 Å². The molecule has 2 aliphatic rings. The van der Waals surface area contributed by atoms with Crippen molar-refractivity contribution in [1.29, 1.82) is 0 Å². The molecule has 2 fully saturated rings. The van der Waals surface area contributed by atoms with Crippen molar-refractivity contribution in [3.05, 3.63) is 36.2 Å². The molecule has 8 nitrogen and oxygen atoms in total. The van der Waals surface area contributed by atoms with Gasteiger partial charge in [-0.2, -0.15) is 0 Å². The van der Waals surface area contributed by atoms with E-state index in [4.69, 9.17) is 9.47 Å². The predicted molar refractivity (Wildman–Crippen MR) is 122 cm³/mol. The zero-order chi connectivity index (χ0) is 24.4. The summed E-state index contributed by atoms with van der Waals surface area (Å²) in [6.07, 6.45) is 5.40. The average Bonchev–Trinajstić information content (AvgIpc) is 3.31. The number of aromatic nitrogens is 1. The molecule has 1 aliphatic carbocycles. The zero-order valence-corrected chi connectivity index (χ0v) is 20.0. The van der Waals surface area contributed by atoms with Crippen molar-refractivity contribution in [1.82, 2.24) is 4.98 Å². The minimum atomic E-state index is -1.75. The molecular formula is C25H39NO7. The number of carbonyl (C=O) groups is 1. The maximum absolute atomic E-state index is 12.1. The standard InChI is InChI=1S/C25H39NO7/c1-5-24(4,15-23(2,3)10-6-9-18(28)17-8-7-12-26-17)11-13-32-22-19-21(30)20(29)16(14-27)25(19,31)33-22/h6-9,12,16,19-22,26-27,29-31H,5,10-11,13-15H2,1-4H3/b9-6+. The monoisotopic (exact) mass is 465 g/mol. The molecule has 1 aliphatic heterocycles. The number of nitrogens with one attached hydrogen (secondary N) is 1. The maximum atomic E-state index is 12.1. The first-order valence-electron chi connectivity index (χ1n) is 11.8. The minimum absolute atomic E-state index is 0.0116. The van der Waals surface area contributed by atoms with Crippen LogP contribution >= 0.6 is 0 Å². The topological polar surface area (TPSA) is 132 Å². The van der Waals surface area contributed by atoms with Crippen molar-refractivity contribution >= 4 is 5.78 Å². The van der Waals surface area contributed by atoms with Crippen LogP contribution < -0.4 is 0 Å². The van der Waals surface area contributed by atoms with E-state index in [1.54, 1.807) is 24.4 Å². The SMILES string of the molecule is CCC(C)(CCOC1OC2(O)C(CO)C(O)C(O)C12)CC(C)(C)C/C=C/C(=O)c1ccc[nH]1. The van der Waals surface area contributed by atoms with Gasteiger partial charge >= 0.3 is 0 Å². The van der Waals surface area contributed by atoms with Gasteiger partial charge in [-0.25, -0.2) is 0 Å². The summed E-state index contributed by atoms with van der Waals surface area (Å²) in [5.74, 6) is -3.52. The highest BCUT2D eigenvalue weighted by atomic mass is 16.8. The van der Waals surface area contributed by atoms with Crippen molar-refractivity contribution in [2.75, 3.05) is 13.2 Å². The first-order chi connectivity index (χ1) is 15.5. The highest BCUT2D eigenvalue weighted by Crippen LogP contribution is 2.53. The van der Waals surface area contributed by atoms with Crippen molar-refractivity contribution < 1.29 is 34.7 Å². The van der Waals surface area contributed by atoms with E-state index >= 15 is 0 Å². The molecule has 7 atom stereocenters. The third kappa shape index (κ3) is 5.42. The Morgan fingerprint density at radius 3 is 2.64 bits per heavy atom. The van der Waals surface area contributed by atoms with Crippen molar-refractivity contribution in [2.24, 2.45) is 22.7 Å². The molecule has 2 heterocycles. The van der Waals surface area contributed by atoms with E-state index < -0.39 is 42.7 Å². The van der Waals surface area contributed by atoms with Gasteiger partial charge in [-0.1, -0.05) is 40.2 Å². The summed E-state index contributed by atoms with van der Waals surface area (Å²) < 4.78 is 11.3. The molecule has 33 heavy (non-hydrogen) atoms. The summed E-state index contributed by atoms with van der Waals surface area (Å²) in [5, 5.41) is 40.3. The number of aromatic amines is 1. The fraction of sp³-hybridized carbons (Fsp3) is 0.720. The number of carbonyl (C=O) groups excluding carboxylic acids is 1. The van der Waals surface area contributed by atoms with Crippen LogP contribution in [-0.2, 0) is 9.47 Å². The lowest BCUT2D eigenvalue weighted by Gasteiger charge is -2.49.